The predicted octanol–water partition coefficient (Wildman–Crippen LogP) is 3.19. The van der Waals surface area contributed by atoms with Crippen molar-refractivity contribution in [2.24, 2.45) is 0 Å². The minimum atomic E-state index is -0.243. The molecular formula is C20H22N3O2S+. The largest absolute Gasteiger partial charge is 0.469 e. The van der Waals surface area contributed by atoms with Gasteiger partial charge in [-0.15, -0.1) is 0 Å². The number of nitrogens with zero attached hydrogens (tertiary/aromatic N) is 3. The molecular weight excluding hydrogens is 346 g/mol. The van der Waals surface area contributed by atoms with Gasteiger partial charge in [0.25, 0.3) is 0 Å². The summed E-state index contributed by atoms with van der Waals surface area (Å²) in [7, 11) is 5.42. The maximum Gasteiger partial charge on any atom is 0.310 e. The first-order valence-corrected chi connectivity index (χ1v) is 9.12. The van der Waals surface area contributed by atoms with E-state index in [2.05, 4.69) is 26.7 Å². The van der Waals surface area contributed by atoms with E-state index in [1.807, 2.05) is 67.8 Å². The van der Waals surface area contributed by atoms with Crippen molar-refractivity contribution in [2.45, 2.75) is 6.42 Å². The van der Waals surface area contributed by atoms with Crippen LogP contribution in [-0.2, 0) is 16.0 Å². The van der Waals surface area contributed by atoms with Crippen LogP contribution in [0.4, 0.5) is 0 Å². The summed E-state index contributed by atoms with van der Waals surface area (Å²) in [5.74, 6) is -0.243. The Morgan fingerprint density at radius 1 is 1.15 bits per heavy atom. The van der Waals surface area contributed by atoms with Crippen LogP contribution in [-0.4, -0.2) is 47.6 Å². The minimum absolute atomic E-state index is 0.243. The number of esters is 1. The van der Waals surface area contributed by atoms with Gasteiger partial charge < -0.3 is 4.74 Å². The zero-order valence-corrected chi connectivity index (χ0v) is 15.9. The Balaban J connectivity index is 1.94. The van der Waals surface area contributed by atoms with Crippen LogP contribution in [0.25, 0.3) is 5.70 Å². The van der Waals surface area contributed by atoms with Crippen LogP contribution >= 0.6 is 11.9 Å². The quantitative estimate of drug-likeness (QED) is 0.460. The van der Waals surface area contributed by atoms with Gasteiger partial charge in [-0.25, -0.2) is 0 Å². The Labute approximate surface area is 158 Å². The summed E-state index contributed by atoms with van der Waals surface area (Å²) >= 11 is 1.59. The normalized spacial score (nSPS) is 15.5. The number of carbonyl (C=O) groups is 1. The Morgan fingerprint density at radius 2 is 1.85 bits per heavy atom. The zero-order chi connectivity index (χ0) is 18.5. The van der Waals surface area contributed by atoms with Gasteiger partial charge in [-0.1, -0.05) is 53.6 Å². The smallest absolute Gasteiger partial charge is 0.310 e. The number of ether oxygens (including phenoxy) is 1. The molecule has 0 amide bonds. The van der Waals surface area contributed by atoms with Crippen molar-refractivity contribution in [1.29, 1.82) is 0 Å². The van der Waals surface area contributed by atoms with Crippen molar-refractivity contribution in [2.75, 3.05) is 21.2 Å². The van der Waals surface area contributed by atoms with Gasteiger partial charge >= 0.3 is 5.97 Å². The lowest BCUT2D eigenvalue weighted by Gasteiger charge is -2.22. The average Bonchev–Trinajstić information content (AvgIpc) is 3.08. The first-order valence-electron chi connectivity index (χ1n) is 8.28. The van der Waals surface area contributed by atoms with E-state index >= 15 is 0 Å². The van der Waals surface area contributed by atoms with Crippen molar-refractivity contribution in [3.05, 3.63) is 76.7 Å². The molecule has 0 saturated carbocycles. The summed E-state index contributed by atoms with van der Waals surface area (Å²) in [5.41, 5.74) is 4.17. The highest BCUT2D eigenvalue weighted by Crippen LogP contribution is 2.32. The van der Waals surface area contributed by atoms with Gasteiger partial charge in [0, 0.05) is 25.2 Å². The van der Waals surface area contributed by atoms with Crippen molar-refractivity contribution < 1.29 is 13.6 Å². The molecule has 0 aromatic heterocycles. The van der Waals surface area contributed by atoms with Gasteiger partial charge in [-0.2, -0.15) is 5.01 Å². The van der Waals surface area contributed by atoms with Crippen LogP contribution in [0.15, 0.2) is 60.0 Å². The Kier molecular flexibility index (Phi) is 5.75. The van der Waals surface area contributed by atoms with Gasteiger partial charge in [-0.3, -0.25) is 4.79 Å². The fraction of sp³-hybridized carbons (Fsp3) is 0.200. The highest BCUT2D eigenvalue weighted by atomic mass is 32.2. The van der Waals surface area contributed by atoms with Gasteiger partial charge in [0.2, 0.25) is 18.2 Å². The molecule has 0 unspecified atom stereocenters. The molecule has 0 saturated heterocycles. The van der Waals surface area contributed by atoms with E-state index < -0.39 is 0 Å². The lowest BCUT2D eigenvalue weighted by atomic mass is 10.1. The third kappa shape index (κ3) is 3.98. The summed E-state index contributed by atoms with van der Waals surface area (Å²) in [6.07, 6.45) is 2.29. The van der Waals surface area contributed by atoms with Crippen molar-refractivity contribution in [3.63, 3.8) is 0 Å². The molecule has 0 aliphatic carbocycles. The second-order valence-corrected chi connectivity index (χ2v) is 6.82. The highest BCUT2D eigenvalue weighted by molar-refractivity contribution is 7.96. The van der Waals surface area contributed by atoms with E-state index in [0.29, 0.717) is 0 Å². The molecule has 1 aliphatic rings. The van der Waals surface area contributed by atoms with Crippen LogP contribution in [0.1, 0.15) is 16.7 Å². The summed E-state index contributed by atoms with van der Waals surface area (Å²) in [5, 5.41) is 6.24. The molecule has 2 aromatic carbocycles. The number of carbonyl (C=O) groups excluding carboxylic acids is 1. The number of rotatable bonds is 5. The maximum atomic E-state index is 11.7. The molecule has 0 radical (unpaired) electrons. The molecule has 0 atom stereocenters. The molecule has 134 valence electrons. The number of hydrazone groups is 1. The lowest BCUT2D eigenvalue weighted by molar-refractivity contribution is -0.567. The molecule has 1 heterocycles. The van der Waals surface area contributed by atoms with E-state index in [1.165, 1.54) is 7.11 Å². The number of hydrogen-bond donors (Lipinski definition) is 0. The summed E-state index contributed by atoms with van der Waals surface area (Å²) < 4.78 is 6.87. The second kappa shape index (κ2) is 8.21. The molecule has 3 rings (SSSR count). The number of hydrogen-bond acceptors (Lipinski definition) is 5. The average molecular weight is 368 g/mol. The van der Waals surface area contributed by atoms with Crippen molar-refractivity contribution in [3.8, 4) is 0 Å². The Bertz CT molecular complexity index is 847. The monoisotopic (exact) mass is 368 g/mol. The van der Waals surface area contributed by atoms with Gasteiger partial charge in [-0.05, 0) is 15.7 Å². The van der Waals surface area contributed by atoms with Crippen LogP contribution in [0, 0.1) is 0 Å². The van der Waals surface area contributed by atoms with Crippen molar-refractivity contribution >= 4 is 29.8 Å². The molecule has 5 nitrogen and oxygen atoms in total. The summed E-state index contributed by atoms with van der Waals surface area (Å²) in [4.78, 5) is 11.7. The molecule has 0 fully saturated rings. The SMILES string of the molecule is COC(=O)Cc1ccccc1C=[N+]1SC=C(c2ccccc2)N1N(C)C. The summed E-state index contributed by atoms with van der Waals surface area (Å²) in [6, 6.07) is 18.1. The Hall–Kier alpha value is -2.57. The molecule has 26 heavy (non-hydrogen) atoms. The first kappa shape index (κ1) is 18.2. The number of hydrazine groups is 2. The minimum Gasteiger partial charge on any atom is -0.469 e. The van der Waals surface area contributed by atoms with E-state index in [0.717, 1.165) is 22.4 Å². The fourth-order valence-corrected chi connectivity index (χ4v) is 3.67. The van der Waals surface area contributed by atoms with E-state index in [9.17, 15) is 4.79 Å². The maximum absolute atomic E-state index is 11.7. The highest BCUT2D eigenvalue weighted by Gasteiger charge is 2.33. The fourth-order valence-electron chi connectivity index (χ4n) is 2.74. The third-order valence-electron chi connectivity index (χ3n) is 3.99. The predicted molar refractivity (Wildman–Crippen MR) is 105 cm³/mol. The van der Waals surface area contributed by atoms with Gasteiger partial charge in [0.15, 0.2) is 0 Å². The van der Waals surface area contributed by atoms with Crippen LogP contribution in [0.5, 0.6) is 0 Å². The molecule has 0 spiro atoms. The third-order valence-corrected chi connectivity index (χ3v) is 4.79. The first-order chi connectivity index (χ1) is 12.6. The van der Waals surface area contributed by atoms with E-state index in [-0.39, 0.29) is 12.4 Å². The molecule has 0 N–H and O–H groups in total. The van der Waals surface area contributed by atoms with Gasteiger partial charge in [0.1, 0.15) is 5.70 Å². The Morgan fingerprint density at radius 3 is 2.54 bits per heavy atom. The lowest BCUT2D eigenvalue weighted by Crippen LogP contribution is -2.38. The van der Waals surface area contributed by atoms with Crippen LogP contribution < -0.4 is 0 Å². The zero-order valence-electron chi connectivity index (χ0n) is 15.1. The van der Waals surface area contributed by atoms with E-state index in [4.69, 9.17) is 4.74 Å². The van der Waals surface area contributed by atoms with Gasteiger partial charge in [0.05, 0.1) is 18.9 Å². The van der Waals surface area contributed by atoms with Crippen LogP contribution in [0.2, 0.25) is 0 Å². The van der Waals surface area contributed by atoms with Crippen LogP contribution in [0.3, 0.4) is 0 Å². The topological polar surface area (TPSA) is 35.8 Å². The molecule has 0 bridgehead atoms. The summed E-state index contributed by atoms with van der Waals surface area (Å²) in [6.45, 7) is 0. The van der Waals surface area contributed by atoms with Crippen molar-refractivity contribution in [1.82, 2.24) is 10.1 Å². The molecule has 1 aliphatic heterocycles. The number of methoxy groups -OCH3 is 1. The van der Waals surface area contributed by atoms with E-state index in [1.54, 1.807) is 11.9 Å². The second-order valence-electron chi connectivity index (χ2n) is 5.99. The molecule has 2 aromatic rings. The standard InChI is InChI=1S/C20H22N3O2S/c1-21(2)23-19(16-9-5-4-6-10-16)15-26-22(23)14-18-12-8-7-11-17(18)13-20(24)25-3/h4-12,14-15H,13H2,1-3H3/q+1. The molecule has 6 heteroatoms. The number of benzene rings is 2.